The lowest BCUT2D eigenvalue weighted by Crippen LogP contribution is -2.11. The topological polar surface area (TPSA) is 94.4 Å². The van der Waals surface area contributed by atoms with Gasteiger partial charge in [0.25, 0.3) is 5.69 Å². The molecule has 0 unspecified atom stereocenters. The summed E-state index contributed by atoms with van der Waals surface area (Å²) in [5.74, 6) is 0.161. The Morgan fingerprint density at radius 3 is 2.83 bits per heavy atom. The Balaban J connectivity index is 1.69. The molecule has 1 aromatic heterocycles. The van der Waals surface area contributed by atoms with Gasteiger partial charge in [0.1, 0.15) is 12.0 Å². The number of rotatable bonds is 7. The van der Waals surface area contributed by atoms with Gasteiger partial charge in [0.05, 0.1) is 17.1 Å². The summed E-state index contributed by atoms with van der Waals surface area (Å²) in [4.78, 5) is 25.7. The molecule has 0 saturated carbocycles. The van der Waals surface area contributed by atoms with Gasteiger partial charge in [0.15, 0.2) is 0 Å². The normalized spacial score (nSPS) is 10.1. The standard InChI is InChI=1S/C15H14BrN3O4/c16-12-4-1-3-11(9-12)15(20)23-8-2-7-17-14-6-5-13(10-18-14)19(21)22/h1,3-6,9-10H,2,7-8H2,(H,17,18). The van der Waals surface area contributed by atoms with Crippen molar-refractivity contribution in [2.75, 3.05) is 18.5 Å². The summed E-state index contributed by atoms with van der Waals surface area (Å²) < 4.78 is 5.98. The lowest BCUT2D eigenvalue weighted by atomic mass is 10.2. The smallest absolute Gasteiger partial charge is 0.338 e. The summed E-state index contributed by atoms with van der Waals surface area (Å²) in [5, 5.41) is 13.5. The number of hydrogen-bond donors (Lipinski definition) is 1. The first-order valence-electron chi connectivity index (χ1n) is 6.83. The van der Waals surface area contributed by atoms with Crippen LogP contribution in [-0.4, -0.2) is 29.0 Å². The average molecular weight is 380 g/mol. The zero-order chi connectivity index (χ0) is 16.7. The number of benzene rings is 1. The predicted molar refractivity (Wildman–Crippen MR) is 88.4 cm³/mol. The summed E-state index contributed by atoms with van der Waals surface area (Å²) in [5.41, 5.74) is 0.433. The molecule has 7 nitrogen and oxygen atoms in total. The van der Waals surface area contributed by atoms with E-state index in [9.17, 15) is 14.9 Å². The van der Waals surface area contributed by atoms with Crippen LogP contribution in [0.1, 0.15) is 16.8 Å². The summed E-state index contributed by atoms with van der Waals surface area (Å²) in [6.07, 6.45) is 1.79. The van der Waals surface area contributed by atoms with E-state index in [1.54, 1.807) is 18.2 Å². The van der Waals surface area contributed by atoms with E-state index in [4.69, 9.17) is 4.74 Å². The number of anilines is 1. The summed E-state index contributed by atoms with van der Waals surface area (Å²) in [7, 11) is 0. The molecule has 120 valence electrons. The monoisotopic (exact) mass is 379 g/mol. The van der Waals surface area contributed by atoms with Crippen LogP contribution in [0.15, 0.2) is 47.1 Å². The van der Waals surface area contributed by atoms with E-state index < -0.39 is 4.92 Å². The molecule has 2 rings (SSSR count). The van der Waals surface area contributed by atoms with Crippen molar-refractivity contribution in [2.45, 2.75) is 6.42 Å². The zero-order valence-corrected chi connectivity index (χ0v) is 13.7. The SMILES string of the molecule is O=C(OCCCNc1ccc([N+](=O)[O-])cn1)c1cccc(Br)c1. The summed E-state index contributed by atoms with van der Waals surface area (Å²) in [6.45, 7) is 0.807. The molecular formula is C15H14BrN3O4. The van der Waals surface area contributed by atoms with Crippen LogP contribution in [-0.2, 0) is 4.74 Å². The molecule has 0 aliphatic rings. The minimum atomic E-state index is -0.502. The Kier molecular flexibility index (Phi) is 6.04. The van der Waals surface area contributed by atoms with E-state index in [0.717, 1.165) is 4.47 Å². The van der Waals surface area contributed by atoms with Gasteiger partial charge in [-0.1, -0.05) is 22.0 Å². The van der Waals surface area contributed by atoms with Gasteiger partial charge in [-0.3, -0.25) is 10.1 Å². The zero-order valence-electron chi connectivity index (χ0n) is 12.1. The minimum Gasteiger partial charge on any atom is -0.462 e. The number of pyridine rings is 1. The Morgan fingerprint density at radius 2 is 2.17 bits per heavy atom. The molecule has 23 heavy (non-hydrogen) atoms. The molecule has 1 aromatic carbocycles. The molecule has 0 bridgehead atoms. The first kappa shape index (κ1) is 16.9. The lowest BCUT2D eigenvalue weighted by molar-refractivity contribution is -0.385. The third kappa shape index (κ3) is 5.33. The number of esters is 1. The highest BCUT2D eigenvalue weighted by Gasteiger charge is 2.07. The van der Waals surface area contributed by atoms with Crippen molar-refractivity contribution < 1.29 is 14.5 Å². The number of nitro groups is 1. The van der Waals surface area contributed by atoms with Gasteiger partial charge >= 0.3 is 5.97 Å². The molecule has 1 N–H and O–H groups in total. The fraction of sp³-hybridized carbons (Fsp3) is 0.200. The molecule has 0 aliphatic carbocycles. The average Bonchev–Trinajstić information content (AvgIpc) is 2.54. The maximum atomic E-state index is 11.8. The van der Waals surface area contributed by atoms with Crippen molar-refractivity contribution in [2.24, 2.45) is 0 Å². The van der Waals surface area contributed by atoms with Crippen LogP contribution in [0.3, 0.4) is 0 Å². The van der Waals surface area contributed by atoms with Gasteiger partial charge in [-0.15, -0.1) is 0 Å². The maximum Gasteiger partial charge on any atom is 0.338 e. The Labute approximate surface area is 141 Å². The molecule has 0 saturated heterocycles. The fourth-order valence-electron chi connectivity index (χ4n) is 1.75. The van der Waals surface area contributed by atoms with Crippen LogP contribution in [0.2, 0.25) is 0 Å². The summed E-state index contributed by atoms with van der Waals surface area (Å²) >= 11 is 3.30. The van der Waals surface area contributed by atoms with Gasteiger partial charge in [-0.05, 0) is 30.7 Å². The van der Waals surface area contributed by atoms with Crippen LogP contribution in [0.4, 0.5) is 11.5 Å². The van der Waals surface area contributed by atoms with E-state index >= 15 is 0 Å². The van der Waals surface area contributed by atoms with Crippen LogP contribution >= 0.6 is 15.9 Å². The largest absolute Gasteiger partial charge is 0.462 e. The highest BCUT2D eigenvalue weighted by Crippen LogP contribution is 2.13. The van der Waals surface area contributed by atoms with Crippen molar-refractivity contribution in [3.05, 3.63) is 62.7 Å². The third-order valence-electron chi connectivity index (χ3n) is 2.88. The van der Waals surface area contributed by atoms with Crippen LogP contribution < -0.4 is 5.32 Å². The van der Waals surface area contributed by atoms with Crippen LogP contribution in [0.5, 0.6) is 0 Å². The molecule has 0 fully saturated rings. The van der Waals surface area contributed by atoms with Crippen molar-refractivity contribution >= 4 is 33.4 Å². The van der Waals surface area contributed by atoms with Crippen molar-refractivity contribution in [1.29, 1.82) is 0 Å². The number of hydrogen-bond acceptors (Lipinski definition) is 6. The number of nitrogens with one attached hydrogen (secondary N) is 1. The molecule has 0 aliphatic heterocycles. The van der Waals surface area contributed by atoms with Crippen molar-refractivity contribution in [3.63, 3.8) is 0 Å². The highest BCUT2D eigenvalue weighted by atomic mass is 79.9. The number of aromatic nitrogens is 1. The van der Waals surface area contributed by atoms with Gasteiger partial charge < -0.3 is 10.1 Å². The lowest BCUT2D eigenvalue weighted by Gasteiger charge is -2.07. The summed E-state index contributed by atoms with van der Waals surface area (Å²) in [6, 6.07) is 9.89. The van der Waals surface area contributed by atoms with Gasteiger partial charge in [0.2, 0.25) is 0 Å². The maximum absolute atomic E-state index is 11.8. The number of halogens is 1. The Hall–Kier alpha value is -2.48. The quantitative estimate of drug-likeness (QED) is 0.342. The second kappa shape index (κ2) is 8.23. The number of ether oxygens (including phenoxy) is 1. The molecule has 1 heterocycles. The highest BCUT2D eigenvalue weighted by molar-refractivity contribution is 9.10. The fourth-order valence-corrected chi connectivity index (χ4v) is 2.15. The van der Waals surface area contributed by atoms with Gasteiger partial charge in [-0.2, -0.15) is 0 Å². The predicted octanol–water partition coefficient (Wildman–Crippen LogP) is 3.41. The van der Waals surface area contributed by atoms with E-state index in [0.29, 0.717) is 24.3 Å². The second-order valence-electron chi connectivity index (χ2n) is 4.59. The van der Waals surface area contributed by atoms with E-state index in [-0.39, 0.29) is 18.3 Å². The number of carbonyl (C=O) groups is 1. The first-order chi connectivity index (χ1) is 11.1. The Bertz CT molecular complexity index is 691. The van der Waals surface area contributed by atoms with E-state index in [1.807, 2.05) is 6.07 Å². The van der Waals surface area contributed by atoms with Crippen molar-refractivity contribution in [1.82, 2.24) is 4.98 Å². The number of nitrogens with zero attached hydrogens (tertiary/aromatic N) is 2. The Morgan fingerprint density at radius 1 is 1.35 bits per heavy atom. The molecule has 2 aromatic rings. The molecular weight excluding hydrogens is 366 g/mol. The van der Waals surface area contributed by atoms with Crippen LogP contribution in [0, 0.1) is 10.1 Å². The van der Waals surface area contributed by atoms with Crippen LogP contribution in [0.25, 0.3) is 0 Å². The second-order valence-corrected chi connectivity index (χ2v) is 5.50. The molecule has 0 spiro atoms. The minimum absolute atomic E-state index is 0.0569. The molecule has 0 atom stereocenters. The van der Waals surface area contributed by atoms with Crippen molar-refractivity contribution in [3.8, 4) is 0 Å². The molecule has 8 heteroatoms. The molecule has 0 amide bonds. The third-order valence-corrected chi connectivity index (χ3v) is 3.37. The first-order valence-corrected chi connectivity index (χ1v) is 7.62. The number of carbonyl (C=O) groups excluding carboxylic acids is 1. The van der Waals surface area contributed by atoms with E-state index in [1.165, 1.54) is 18.3 Å². The molecule has 0 radical (unpaired) electrons. The van der Waals surface area contributed by atoms with Gasteiger partial charge in [-0.25, -0.2) is 9.78 Å². The van der Waals surface area contributed by atoms with E-state index in [2.05, 4.69) is 26.2 Å². The van der Waals surface area contributed by atoms with Gasteiger partial charge in [0, 0.05) is 17.1 Å².